The maximum absolute atomic E-state index is 5.28. The first-order valence-electron chi connectivity index (χ1n) is 5.66. The summed E-state index contributed by atoms with van der Waals surface area (Å²) in [5.41, 5.74) is 2.74. The first-order valence-corrected chi connectivity index (χ1v) is 5.66. The summed E-state index contributed by atoms with van der Waals surface area (Å²) >= 11 is 0. The van der Waals surface area contributed by atoms with E-state index in [1.165, 1.54) is 26.4 Å². The predicted molar refractivity (Wildman–Crippen MR) is 64.6 cm³/mol. The van der Waals surface area contributed by atoms with Gasteiger partial charge in [-0.25, -0.2) is 5.84 Å². The molecule has 0 bridgehead atoms. The van der Waals surface area contributed by atoms with Gasteiger partial charge in [0.25, 0.3) is 0 Å². The normalized spacial score (nSPS) is 17.1. The van der Waals surface area contributed by atoms with Gasteiger partial charge in [-0.15, -0.1) is 0 Å². The molecule has 94 valence electrons. The Labute approximate surface area is 100 Å². The highest BCUT2D eigenvalue weighted by Crippen LogP contribution is 2.40. The summed E-state index contributed by atoms with van der Waals surface area (Å²) in [4.78, 5) is 12.2. The fourth-order valence-electron chi connectivity index (χ4n) is 1.84. The standard InChI is InChI=1S/C10H18N6O/c1-10(4-3-5-10)6-12-7-13-8(16-11)15-9(14-7)17-2/h3-6,11H2,1-2H3,(H2,12,13,14,15,16). The summed E-state index contributed by atoms with van der Waals surface area (Å²) in [5, 5.41) is 3.20. The van der Waals surface area contributed by atoms with Gasteiger partial charge in [0.15, 0.2) is 0 Å². The number of nitrogen functional groups attached to an aromatic ring is 1. The quantitative estimate of drug-likeness (QED) is 0.514. The topological polar surface area (TPSA) is 98.0 Å². The van der Waals surface area contributed by atoms with Gasteiger partial charge in [-0.05, 0) is 18.3 Å². The maximum atomic E-state index is 5.28. The third kappa shape index (κ3) is 2.73. The number of anilines is 2. The van der Waals surface area contributed by atoms with Crippen molar-refractivity contribution < 1.29 is 4.74 Å². The first kappa shape index (κ1) is 11.8. The second kappa shape index (κ2) is 4.70. The Kier molecular flexibility index (Phi) is 3.28. The van der Waals surface area contributed by atoms with E-state index < -0.39 is 0 Å². The molecular formula is C10H18N6O. The highest BCUT2D eigenvalue weighted by Gasteiger charge is 2.31. The van der Waals surface area contributed by atoms with Crippen molar-refractivity contribution in [3.63, 3.8) is 0 Å². The van der Waals surface area contributed by atoms with E-state index in [9.17, 15) is 0 Å². The van der Waals surface area contributed by atoms with Crippen LogP contribution in [0.5, 0.6) is 6.01 Å². The number of ether oxygens (including phenoxy) is 1. The molecule has 1 aliphatic carbocycles. The van der Waals surface area contributed by atoms with Crippen molar-refractivity contribution in [1.29, 1.82) is 0 Å². The van der Waals surface area contributed by atoms with E-state index in [1.54, 1.807) is 0 Å². The van der Waals surface area contributed by atoms with Crippen molar-refractivity contribution in [1.82, 2.24) is 15.0 Å². The number of rotatable bonds is 5. The Hall–Kier alpha value is -1.63. The van der Waals surface area contributed by atoms with Gasteiger partial charge < -0.3 is 10.1 Å². The van der Waals surface area contributed by atoms with Gasteiger partial charge in [0.1, 0.15) is 0 Å². The molecule has 0 aliphatic heterocycles. The third-order valence-electron chi connectivity index (χ3n) is 3.16. The lowest BCUT2D eigenvalue weighted by Crippen LogP contribution is -2.33. The molecule has 7 heteroatoms. The van der Waals surface area contributed by atoms with E-state index in [-0.39, 0.29) is 12.0 Å². The van der Waals surface area contributed by atoms with Gasteiger partial charge in [0, 0.05) is 6.54 Å². The molecule has 7 nitrogen and oxygen atoms in total. The number of hydrogen-bond acceptors (Lipinski definition) is 7. The lowest BCUT2D eigenvalue weighted by Gasteiger charge is -2.38. The van der Waals surface area contributed by atoms with Gasteiger partial charge >= 0.3 is 6.01 Å². The number of hydrazine groups is 1. The van der Waals surface area contributed by atoms with E-state index in [4.69, 9.17) is 10.6 Å². The van der Waals surface area contributed by atoms with Gasteiger partial charge in [0.2, 0.25) is 11.9 Å². The Balaban J connectivity index is 2.03. The second-order valence-corrected chi connectivity index (χ2v) is 4.63. The zero-order valence-corrected chi connectivity index (χ0v) is 10.2. The zero-order chi connectivity index (χ0) is 12.3. The molecule has 0 saturated heterocycles. The molecule has 4 N–H and O–H groups in total. The van der Waals surface area contributed by atoms with Crippen molar-refractivity contribution in [2.45, 2.75) is 26.2 Å². The van der Waals surface area contributed by atoms with Crippen LogP contribution in [0.25, 0.3) is 0 Å². The molecule has 1 saturated carbocycles. The summed E-state index contributed by atoms with van der Waals surface area (Å²) in [5.74, 6) is 6.05. The first-order chi connectivity index (χ1) is 8.15. The smallest absolute Gasteiger partial charge is 0.322 e. The molecule has 0 spiro atoms. The molecule has 0 atom stereocenters. The van der Waals surface area contributed by atoms with Crippen molar-refractivity contribution in [2.24, 2.45) is 11.3 Å². The van der Waals surface area contributed by atoms with E-state index >= 15 is 0 Å². The summed E-state index contributed by atoms with van der Waals surface area (Å²) < 4.78 is 4.97. The number of hydrogen-bond donors (Lipinski definition) is 3. The molecule has 0 unspecified atom stereocenters. The van der Waals surface area contributed by atoms with Crippen LogP contribution in [0.4, 0.5) is 11.9 Å². The fraction of sp³-hybridized carbons (Fsp3) is 0.700. The number of aromatic nitrogens is 3. The van der Waals surface area contributed by atoms with Crippen LogP contribution in [0, 0.1) is 5.41 Å². The summed E-state index contributed by atoms with van der Waals surface area (Å²) in [7, 11) is 1.51. The minimum Gasteiger partial charge on any atom is -0.467 e. The van der Waals surface area contributed by atoms with Gasteiger partial charge in [-0.2, -0.15) is 15.0 Å². The van der Waals surface area contributed by atoms with Crippen LogP contribution < -0.4 is 21.3 Å². The molecule has 1 heterocycles. The van der Waals surface area contributed by atoms with Crippen LogP contribution >= 0.6 is 0 Å². The SMILES string of the molecule is COc1nc(NN)nc(NCC2(C)CCC2)n1. The lowest BCUT2D eigenvalue weighted by molar-refractivity contribution is 0.179. The summed E-state index contributed by atoms with van der Waals surface area (Å²) in [6, 6.07) is 0.245. The number of nitrogens with two attached hydrogens (primary N) is 1. The Morgan fingerprint density at radius 2 is 2.00 bits per heavy atom. The van der Waals surface area contributed by atoms with Gasteiger partial charge in [-0.1, -0.05) is 13.3 Å². The Bertz CT molecular complexity index is 370. The van der Waals surface area contributed by atoms with Crippen LogP contribution in [0.1, 0.15) is 26.2 Å². The van der Waals surface area contributed by atoms with E-state index in [1.807, 2.05) is 0 Å². The molecule has 2 rings (SSSR count). The lowest BCUT2D eigenvalue weighted by atomic mass is 9.70. The monoisotopic (exact) mass is 238 g/mol. The van der Waals surface area contributed by atoms with Crippen LogP contribution in [0.2, 0.25) is 0 Å². The van der Waals surface area contributed by atoms with Crippen molar-refractivity contribution >= 4 is 11.9 Å². The molecule has 17 heavy (non-hydrogen) atoms. The number of methoxy groups -OCH3 is 1. The minimum absolute atomic E-state index is 0.245. The molecule has 1 fully saturated rings. The third-order valence-corrected chi connectivity index (χ3v) is 3.16. The van der Waals surface area contributed by atoms with Crippen LogP contribution in [0.15, 0.2) is 0 Å². The zero-order valence-electron chi connectivity index (χ0n) is 10.2. The maximum Gasteiger partial charge on any atom is 0.322 e. The Morgan fingerprint density at radius 3 is 2.53 bits per heavy atom. The molecule has 0 amide bonds. The molecule has 0 aromatic carbocycles. The molecular weight excluding hydrogens is 220 g/mol. The Morgan fingerprint density at radius 1 is 1.29 bits per heavy atom. The van der Waals surface area contributed by atoms with Gasteiger partial charge in [-0.3, -0.25) is 5.43 Å². The second-order valence-electron chi connectivity index (χ2n) is 4.63. The molecule has 1 aromatic rings. The summed E-state index contributed by atoms with van der Waals surface area (Å²) in [6.07, 6.45) is 3.78. The number of nitrogens with zero attached hydrogens (tertiary/aromatic N) is 3. The van der Waals surface area contributed by atoms with Gasteiger partial charge in [0.05, 0.1) is 7.11 Å². The average molecular weight is 238 g/mol. The largest absolute Gasteiger partial charge is 0.467 e. The minimum atomic E-state index is 0.245. The highest BCUT2D eigenvalue weighted by molar-refractivity contribution is 5.35. The van der Waals surface area contributed by atoms with Crippen molar-refractivity contribution in [3.05, 3.63) is 0 Å². The number of nitrogens with one attached hydrogen (secondary N) is 2. The van der Waals surface area contributed by atoms with E-state index in [0.717, 1.165) is 6.54 Å². The molecule has 1 aliphatic rings. The van der Waals surface area contributed by atoms with Crippen LogP contribution in [-0.2, 0) is 0 Å². The highest BCUT2D eigenvalue weighted by atomic mass is 16.5. The molecule has 1 aromatic heterocycles. The average Bonchev–Trinajstić information content (AvgIpc) is 2.33. The van der Waals surface area contributed by atoms with Crippen LogP contribution in [0.3, 0.4) is 0 Å². The fourth-order valence-corrected chi connectivity index (χ4v) is 1.84. The summed E-state index contributed by atoms with van der Waals surface area (Å²) in [6.45, 7) is 3.11. The van der Waals surface area contributed by atoms with Crippen molar-refractivity contribution in [3.8, 4) is 6.01 Å². The van der Waals surface area contributed by atoms with E-state index in [2.05, 4.69) is 32.6 Å². The van der Waals surface area contributed by atoms with Crippen LogP contribution in [-0.4, -0.2) is 28.6 Å². The molecule has 0 radical (unpaired) electrons. The van der Waals surface area contributed by atoms with E-state index in [0.29, 0.717) is 11.4 Å². The van der Waals surface area contributed by atoms with Crippen molar-refractivity contribution in [2.75, 3.05) is 24.4 Å². The predicted octanol–water partition coefficient (Wildman–Crippen LogP) is 0.768.